The Morgan fingerprint density at radius 2 is 1.85 bits per heavy atom. The highest BCUT2D eigenvalue weighted by atomic mass is 127. The maximum atomic E-state index is 12.4. The molecule has 0 radical (unpaired) electrons. The van der Waals surface area contributed by atoms with Gasteiger partial charge in [-0.05, 0) is 93.2 Å². The van der Waals surface area contributed by atoms with E-state index in [2.05, 4.69) is 50.2 Å². The summed E-state index contributed by atoms with van der Waals surface area (Å²) in [5.74, 6) is 0.445. The summed E-state index contributed by atoms with van der Waals surface area (Å²) in [6, 6.07) is 16.7. The first-order valence-corrected chi connectivity index (χ1v) is 12.5. The smallest absolute Gasteiger partial charge is 0.363 e. The van der Waals surface area contributed by atoms with Crippen LogP contribution in [-0.2, 0) is 16.1 Å². The summed E-state index contributed by atoms with van der Waals surface area (Å²) in [4.78, 5) is 16.7. The van der Waals surface area contributed by atoms with Crippen molar-refractivity contribution in [2.45, 2.75) is 6.61 Å². The zero-order valence-electron chi connectivity index (χ0n) is 17.1. The van der Waals surface area contributed by atoms with Gasteiger partial charge in [0.15, 0.2) is 17.2 Å². The maximum absolute atomic E-state index is 12.4. The van der Waals surface area contributed by atoms with Gasteiger partial charge in [0.2, 0.25) is 5.90 Å². The lowest BCUT2D eigenvalue weighted by molar-refractivity contribution is -0.129. The minimum absolute atomic E-state index is 0.130. The number of hydrogen-bond donors (Lipinski definition) is 0. The molecule has 0 unspecified atom stereocenters. The Labute approximate surface area is 228 Å². The first-order chi connectivity index (χ1) is 15.9. The summed E-state index contributed by atoms with van der Waals surface area (Å²) in [5.41, 5.74) is 2.33. The third kappa shape index (κ3) is 5.64. The number of carbonyl (C=O) groups is 1. The van der Waals surface area contributed by atoms with Gasteiger partial charge >= 0.3 is 5.97 Å². The third-order valence-electron chi connectivity index (χ3n) is 4.66. The second-order valence-electron chi connectivity index (χ2n) is 6.87. The molecule has 9 heteroatoms. The lowest BCUT2D eigenvalue weighted by Crippen LogP contribution is -2.06. The van der Waals surface area contributed by atoms with Crippen LogP contribution in [0.2, 0.25) is 10.0 Å². The summed E-state index contributed by atoms with van der Waals surface area (Å²) in [7, 11) is 1.53. The van der Waals surface area contributed by atoms with E-state index in [9.17, 15) is 4.79 Å². The second kappa shape index (κ2) is 10.6. The van der Waals surface area contributed by atoms with E-state index in [1.165, 1.54) is 7.11 Å². The molecule has 0 saturated carbocycles. The molecule has 0 amide bonds. The van der Waals surface area contributed by atoms with Crippen LogP contribution in [0, 0.1) is 7.14 Å². The zero-order chi connectivity index (χ0) is 23.5. The summed E-state index contributed by atoms with van der Waals surface area (Å²) in [6.07, 6.45) is 1.58. The Kier molecular flexibility index (Phi) is 7.83. The van der Waals surface area contributed by atoms with Crippen LogP contribution in [0.15, 0.2) is 65.3 Å². The zero-order valence-corrected chi connectivity index (χ0v) is 22.9. The molecule has 1 aliphatic rings. The normalized spacial score (nSPS) is 14.3. The van der Waals surface area contributed by atoms with Crippen LogP contribution in [0.25, 0.3) is 6.08 Å². The number of methoxy groups -OCH3 is 1. The standard InChI is InChI=1S/C24H15Cl2I2NO4/c1-31-21-10-13(8-18(26)22(21)32-12-14-4-2-3-5-19(14)28)9-20-24(30)33-23(29-20)16-11-15(27)6-7-17(16)25/h2-11H,12H2,1H3/b20-9-. The number of rotatable bonds is 6. The van der Waals surface area contributed by atoms with Gasteiger partial charge in [-0.15, -0.1) is 0 Å². The molecular formula is C24H15Cl2I2NO4. The molecule has 1 aliphatic heterocycles. The molecule has 0 atom stereocenters. The van der Waals surface area contributed by atoms with Crippen LogP contribution in [0.4, 0.5) is 0 Å². The van der Waals surface area contributed by atoms with Gasteiger partial charge in [-0.3, -0.25) is 0 Å². The summed E-state index contributed by atoms with van der Waals surface area (Å²) >= 11 is 17.2. The lowest BCUT2D eigenvalue weighted by atomic mass is 10.1. The highest BCUT2D eigenvalue weighted by Gasteiger charge is 2.26. The Morgan fingerprint density at radius 3 is 2.61 bits per heavy atom. The first kappa shape index (κ1) is 24.3. The van der Waals surface area contributed by atoms with E-state index in [0.29, 0.717) is 39.3 Å². The Bertz CT molecular complexity index is 1310. The van der Waals surface area contributed by atoms with Crippen molar-refractivity contribution < 1.29 is 19.0 Å². The topological polar surface area (TPSA) is 57.1 Å². The number of hydrogen-bond acceptors (Lipinski definition) is 5. The fourth-order valence-electron chi connectivity index (χ4n) is 3.07. The van der Waals surface area contributed by atoms with Gasteiger partial charge in [0, 0.05) is 12.7 Å². The molecular weight excluding hydrogens is 691 g/mol. The minimum atomic E-state index is -0.575. The van der Waals surface area contributed by atoms with Crippen LogP contribution in [0.5, 0.6) is 11.5 Å². The number of benzene rings is 3. The van der Waals surface area contributed by atoms with Gasteiger partial charge in [0.05, 0.1) is 22.7 Å². The largest absolute Gasteiger partial charge is 0.493 e. The van der Waals surface area contributed by atoms with Crippen LogP contribution in [0.3, 0.4) is 0 Å². The third-order valence-corrected chi connectivity index (χ3v) is 7.00. The molecule has 168 valence electrons. The molecule has 4 rings (SSSR count). The summed E-state index contributed by atoms with van der Waals surface area (Å²) < 4.78 is 18.8. The quantitative estimate of drug-likeness (QED) is 0.156. The fraction of sp³-hybridized carbons (Fsp3) is 0.0833. The lowest BCUT2D eigenvalue weighted by Gasteiger charge is -2.14. The molecule has 5 nitrogen and oxygen atoms in total. The van der Waals surface area contributed by atoms with Crippen molar-refractivity contribution in [2.24, 2.45) is 4.99 Å². The van der Waals surface area contributed by atoms with Crippen molar-refractivity contribution in [2.75, 3.05) is 7.11 Å². The van der Waals surface area contributed by atoms with Crippen LogP contribution in [-0.4, -0.2) is 19.0 Å². The molecule has 0 spiro atoms. The fourth-order valence-corrected chi connectivity index (χ4v) is 4.58. The van der Waals surface area contributed by atoms with Crippen molar-refractivity contribution in [3.05, 3.63) is 94.2 Å². The minimum Gasteiger partial charge on any atom is -0.493 e. The maximum Gasteiger partial charge on any atom is 0.363 e. The van der Waals surface area contributed by atoms with Gasteiger partial charge in [-0.25, -0.2) is 9.79 Å². The van der Waals surface area contributed by atoms with Gasteiger partial charge in [0.25, 0.3) is 0 Å². The van der Waals surface area contributed by atoms with Gasteiger partial charge < -0.3 is 14.2 Å². The van der Waals surface area contributed by atoms with E-state index in [0.717, 1.165) is 12.7 Å². The molecule has 0 aromatic heterocycles. The predicted molar refractivity (Wildman–Crippen MR) is 146 cm³/mol. The van der Waals surface area contributed by atoms with Gasteiger partial charge in [-0.2, -0.15) is 0 Å². The predicted octanol–water partition coefficient (Wildman–Crippen LogP) is 7.13. The molecule has 0 fully saturated rings. The van der Waals surface area contributed by atoms with E-state index in [1.54, 1.807) is 30.3 Å². The number of cyclic esters (lactones) is 1. The monoisotopic (exact) mass is 705 g/mol. The highest BCUT2D eigenvalue weighted by molar-refractivity contribution is 14.1. The second-order valence-corrected chi connectivity index (χ2v) is 10.1. The SMILES string of the molecule is COc1cc(/C=C2\N=C(c3cc(I)ccc3Cl)OC2=O)cc(Cl)c1OCc1ccccc1I. The molecule has 3 aromatic carbocycles. The van der Waals surface area contributed by atoms with Crippen molar-refractivity contribution >= 4 is 86.3 Å². The van der Waals surface area contributed by atoms with Gasteiger partial charge in [0.1, 0.15) is 6.61 Å². The molecule has 0 saturated heterocycles. The van der Waals surface area contributed by atoms with Crippen molar-refractivity contribution in [1.29, 1.82) is 0 Å². The van der Waals surface area contributed by atoms with E-state index in [-0.39, 0.29) is 11.6 Å². The van der Waals surface area contributed by atoms with E-state index in [4.69, 9.17) is 37.4 Å². The van der Waals surface area contributed by atoms with Gasteiger partial charge in [-0.1, -0.05) is 41.4 Å². The van der Waals surface area contributed by atoms with E-state index >= 15 is 0 Å². The Morgan fingerprint density at radius 1 is 1.06 bits per heavy atom. The Balaban J connectivity index is 1.62. The van der Waals surface area contributed by atoms with E-state index in [1.807, 2.05) is 30.3 Å². The van der Waals surface area contributed by atoms with Crippen LogP contribution in [0.1, 0.15) is 16.7 Å². The van der Waals surface area contributed by atoms with Crippen molar-refractivity contribution in [1.82, 2.24) is 0 Å². The van der Waals surface area contributed by atoms with E-state index < -0.39 is 5.97 Å². The molecule has 1 heterocycles. The number of nitrogens with zero attached hydrogens (tertiary/aromatic N) is 1. The Hall–Kier alpha value is -1.82. The van der Waals surface area contributed by atoms with Crippen LogP contribution >= 0.6 is 68.4 Å². The number of esters is 1. The highest BCUT2D eigenvalue weighted by Crippen LogP contribution is 2.38. The van der Waals surface area contributed by atoms with Crippen molar-refractivity contribution in [3.63, 3.8) is 0 Å². The summed E-state index contributed by atoms with van der Waals surface area (Å²) in [5, 5.41) is 0.797. The number of ether oxygens (including phenoxy) is 3. The molecule has 33 heavy (non-hydrogen) atoms. The molecule has 0 bridgehead atoms. The van der Waals surface area contributed by atoms with Crippen LogP contribution < -0.4 is 9.47 Å². The number of carbonyl (C=O) groups excluding carboxylic acids is 1. The average molecular weight is 706 g/mol. The average Bonchev–Trinajstić information content (AvgIpc) is 3.15. The first-order valence-electron chi connectivity index (χ1n) is 9.57. The number of aliphatic imine (C=N–C) groups is 1. The summed E-state index contributed by atoms with van der Waals surface area (Å²) in [6.45, 7) is 0.340. The number of halogens is 4. The molecule has 0 N–H and O–H groups in total. The molecule has 0 aliphatic carbocycles. The molecule has 3 aromatic rings. The van der Waals surface area contributed by atoms with Crippen molar-refractivity contribution in [3.8, 4) is 11.5 Å².